The fraction of sp³-hybridized carbons (Fsp3) is 0.294. The van der Waals surface area contributed by atoms with E-state index >= 15 is 0 Å². The third kappa shape index (κ3) is 3.33. The lowest BCUT2D eigenvalue weighted by Crippen LogP contribution is -2.23. The van der Waals surface area contributed by atoms with Crippen LogP contribution < -0.4 is 5.50 Å². The first-order valence-electron chi connectivity index (χ1n) is 7.41. The number of benzene rings is 2. The minimum absolute atomic E-state index is 0.378. The molecule has 0 aromatic heterocycles. The quantitative estimate of drug-likeness (QED) is 0.873. The van der Waals surface area contributed by atoms with E-state index in [4.69, 9.17) is 5.50 Å². The third-order valence-electron chi connectivity index (χ3n) is 4.08. The lowest BCUT2D eigenvalue weighted by molar-refractivity contribution is 0.393. The molecule has 110 valence electrons. The average Bonchev–Trinajstić information content (AvgIpc) is 2.89. The van der Waals surface area contributed by atoms with Crippen molar-refractivity contribution in [1.82, 2.24) is 9.34 Å². The van der Waals surface area contributed by atoms with Crippen LogP contribution in [0.2, 0.25) is 0 Å². The lowest BCUT2D eigenvalue weighted by Gasteiger charge is -2.30. The van der Waals surface area contributed by atoms with Gasteiger partial charge in [0, 0.05) is 25.7 Å². The predicted octanol–water partition coefficient (Wildman–Crippen LogP) is 3.75. The maximum absolute atomic E-state index is 6.53. The Labute approximate surface area is 128 Å². The van der Waals surface area contributed by atoms with Crippen LogP contribution in [-0.4, -0.2) is 22.4 Å². The molecule has 0 saturated carbocycles. The van der Waals surface area contributed by atoms with Crippen molar-refractivity contribution < 1.29 is 0 Å². The molecule has 0 aliphatic carbocycles. The van der Waals surface area contributed by atoms with E-state index in [0.717, 1.165) is 19.6 Å². The van der Waals surface area contributed by atoms with Crippen LogP contribution in [0.4, 0.5) is 0 Å². The van der Waals surface area contributed by atoms with Gasteiger partial charge >= 0.3 is 0 Å². The monoisotopic (exact) mass is 299 g/mol. The highest BCUT2D eigenvalue weighted by atomic mass is 31.1. The lowest BCUT2D eigenvalue weighted by atomic mass is 10.1. The second-order valence-electron chi connectivity index (χ2n) is 5.44. The highest BCUT2D eigenvalue weighted by Crippen LogP contribution is 2.47. The molecule has 3 rings (SSSR count). The normalized spacial score (nSPS) is 21.5. The number of nitrogens with two attached hydrogens (primary N) is 1. The van der Waals surface area contributed by atoms with Gasteiger partial charge in [-0.05, 0) is 18.1 Å². The van der Waals surface area contributed by atoms with E-state index in [-0.39, 0.29) is 0 Å². The average molecular weight is 299 g/mol. The second kappa shape index (κ2) is 6.67. The van der Waals surface area contributed by atoms with Gasteiger partial charge in [-0.25, -0.2) is 4.67 Å². The molecule has 1 aliphatic rings. The molecule has 3 nitrogen and oxygen atoms in total. The van der Waals surface area contributed by atoms with Crippen LogP contribution in [0.5, 0.6) is 0 Å². The van der Waals surface area contributed by atoms with Gasteiger partial charge in [0.2, 0.25) is 0 Å². The molecular weight excluding hydrogens is 277 g/mol. The number of hydrogen-bond donors (Lipinski definition) is 1. The van der Waals surface area contributed by atoms with Crippen LogP contribution >= 0.6 is 8.37 Å². The minimum Gasteiger partial charge on any atom is -0.285 e. The van der Waals surface area contributed by atoms with E-state index in [0.29, 0.717) is 6.04 Å². The van der Waals surface area contributed by atoms with Crippen molar-refractivity contribution in [3.63, 3.8) is 0 Å². The van der Waals surface area contributed by atoms with E-state index < -0.39 is 8.37 Å². The first kappa shape index (κ1) is 14.7. The van der Waals surface area contributed by atoms with Crippen LogP contribution in [0.15, 0.2) is 60.7 Å². The van der Waals surface area contributed by atoms with Crippen molar-refractivity contribution in [2.75, 3.05) is 13.1 Å². The molecule has 1 heterocycles. The van der Waals surface area contributed by atoms with Crippen LogP contribution in [-0.2, 0) is 6.54 Å². The molecule has 0 amide bonds. The molecule has 0 bridgehead atoms. The van der Waals surface area contributed by atoms with Crippen molar-refractivity contribution in [2.24, 2.45) is 5.50 Å². The van der Waals surface area contributed by atoms with Crippen LogP contribution in [0, 0.1) is 0 Å². The summed E-state index contributed by atoms with van der Waals surface area (Å²) in [6.45, 7) is 5.30. The van der Waals surface area contributed by atoms with Crippen LogP contribution in [0.3, 0.4) is 0 Å². The molecule has 2 atom stereocenters. The van der Waals surface area contributed by atoms with E-state index in [1.54, 1.807) is 0 Å². The molecule has 2 aromatic carbocycles. The molecule has 0 radical (unpaired) electrons. The summed E-state index contributed by atoms with van der Waals surface area (Å²) in [4.78, 5) is 0. The summed E-state index contributed by atoms with van der Waals surface area (Å²) < 4.78 is 4.84. The maximum Gasteiger partial charge on any atom is 0.115 e. The van der Waals surface area contributed by atoms with Gasteiger partial charge in [0.05, 0.1) is 0 Å². The zero-order valence-corrected chi connectivity index (χ0v) is 13.3. The van der Waals surface area contributed by atoms with Crippen molar-refractivity contribution in [3.8, 4) is 0 Å². The van der Waals surface area contributed by atoms with Crippen molar-refractivity contribution in [3.05, 3.63) is 71.8 Å². The molecule has 0 spiro atoms. The van der Waals surface area contributed by atoms with Gasteiger partial charge in [-0.15, -0.1) is 0 Å². The summed E-state index contributed by atoms with van der Waals surface area (Å²) in [5, 5.41) is 0. The first-order chi connectivity index (χ1) is 10.3. The Balaban J connectivity index is 1.67. The Morgan fingerprint density at radius 1 is 1.00 bits per heavy atom. The molecule has 1 saturated heterocycles. The molecule has 2 aromatic rings. The molecule has 4 heteroatoms. The third-order valence-corrected chi connectivity index (χ3v) is 6.07. The number of hydrogen-bond acceptors (Lipinski definition) is 3. The van der Waals surface area contributed by atoms with E-state index in [9.17, 15) is 0 Å². The summed E-state index contributed by atoms with van der Waals surface area (Å²) in [7, 11) is -0.712. The topological polar surface area (TPSA) is 32.5 Å². The minimum atomic E-state index is -0.712. The highest BCUT2D eigenvalue weighted by molar-refractivity contribution is 7.50. The Kier molecular flexibility index (Phi) is 4.67. The van der Waals surface area contributed by atoms with Crippen LogP contribution in [0.25, 0.3) is 0 Å². The summed E-state index contributed by atoms with van der Waals surface area (Å²) in [6.07, 6.45) is 0. The van der Waals surface area contributed by atoms with E-state index in [1.807, 2.05) is 0 Å². The molecule has 2 N–H and O–H groups in total. The molecule has 21 heavy (non-hydrogen) atoms. The van der Waals surface area contributed by atoms with E-state index in [2.05, 4.69) is 76.9 Å². The van der Waals surface area contributed by atoms with Crippen molar-refractivity contribution in [2.45, 2.75) is 19.5 Å². The largest absolute Gasteiger partial charge is 0.285 e. The van der Waals surface area contributed by atoms with Gasteiger partial charge in [-0.3, -0.25) is 10.2 Å². The van der Waals surface area contributed by atoms with Gasteiger partial charge in [0.1, 0.15) is 8.37 Å². The second-order valence-corrected chi connectivity index (χ2v) is 7.16. The SMILES string of the molecule is CC(c1ccccc1)N1CCN(Cc2ccccc2)P1N. The Bertz CT molecular complexity index is 561. The summed E-state index contributed by atoms with van der Waals surface area (Å²) in [5.74, 6) is 0. The Hall–Kier alpha value is -1.25. The maximum atomic E-state index is 6.53. The van der Waals surface area contributed by atoms with E-state index in [1.165, 1.54) is 11.1 Å². The molecule has 1 aliphatic heterocycles. The number of nitrogens with zero attached hydrogens (tertiary/aromatic N) is 2. The molecule has 2 unspecified atom stereocenters. The fourth-order valence-corrected chi connectivity index (χ4v) is 4.52. The highest BCUT2D eigenvalue weighted by Gasteiger charge is 2.33. The molecular formula is C17H22N3P. The smallest absolute Gasteiger partial charge is 0.115 e. The van der Waals surface area contributed by atoms with Gasteiger partial charge in [-0.1, -0.05) is 60.7 Å². The standard InChI is InChI=1S/C17H22N3P/c1-15(17-10-6-3-7-11-17)20-13-12-19(21(20)18)14-16-8-4-2-5-9-16/h2-11,15H,12-14,18H2,1H3. The van der Waals surface area contributed by atoms with Crippen molar-refractivity contribution in [1.29, 1.82) is 0 Å². The number of rotatable bonds is 4. The Morgan fingerprint density at radius 2 is 1.62 bits per heavy atom. The van der Waals surface area contributed by atoms with Gasteiger partial charge in [0.15, 0.2) is 0 Å². The van der Waals surface area contributed by atoms with Gasteiger partial charge in [-0.2, -0.15) is 0 Å². The summed E-state index contributed by atoms with van der Waals surface area (Å²) in [6, 6.07) is 21.6. The van der Waals surface area contributed by atoms with Gasteiger partial charge < -0.3 is 0 Å². The van der Waals surface area contributed by atoms with Crippen LogP contribution in [0.1, 0.15) is 24.1 Å². The van der Waals surface area contributed by atoms with Gasteiger partial charge in [0.25, 0.3) is 0 Å². The first-order valence-corrected chi connectivity index (χ1v) is 8.72. The van der Waals surface area contributed by atoms with Crippen molar-refractivity contribution >= 4 is 8.37 Å². The molecule has 1 fully saturated rings. The summed E-state index contributed by atoms with van der Waals surface area (Å²) in [5.41, 5.74) is 9.21. The predicted molar refractivity (Wildman–Crippen MR) is 89.5 cm³/mol. The summed E-state index contributed by atoms with van der Waals surface area (Å²) >= 11 is 0. The zero-order valence-electron chi connectivity index (χ0n) is 12.4. The Morgan fingerprint density at radius 3 is 2.29 bits per heavy atom. The fourth-order valence-electron chi connectivity index (χ4n) is 2.81. The zero-order chi connectivity index (χ0) is 14.7.